The van der Waals surface area contributed by atoms with Gasteiger partial charge in [-0.1, -0.05) is 0 Å². The smallest absolute Gasteiger partial charge is 0.0659 e. The van der Waals surface area contributed by atoms with Gasteiger partial charge >= 0.3 is 0 Å². The molecule has 1 heterocycles. The number of nitrogens with one attached hydrogen (secondary N) is 1. The van der Waals surface area contributed by atoms with E-state index in [9.17, 15) is 0 Å². The van der Waals surface area contributed by atoms with E-state index in [1.54, 1.807) is 12.0 Å². The van der Waals surface area contributed by atoms with Gasteiger partial charge in [0, 0.05) is 24.1 Å². The lowest BCUT2D eigenvalue weighted by atomic mass is 9.93. The lowest BCUT2D eigenvalue weighted by Gasteiger charge is -2.26. The van der Waals surface area contributed by atoms with Gasteiger partial charge in [0.1, 0.15) is 0 Å². The average Bonchev–Trinajstić information content (AvgIpc) is 2.60. The van der Waals surface area contributed by atoms with Crippen molar-refractivity contribution in [1.29, 1.82) is 0 Å². The van der Waals surface area contributed by atoms with E-state index >= 15 is 0 Å². The first-order valence-electron chi connectivity index (χ1n) is 5.73. The Bertz CT molecular complexity index is 353. The fourth-order valence-corrected chi connectivity index (χ4v) is 4.46. The first-order valence-corrected chi connectivity index (χ1v) is 7.63. The maximum absolute atomic E-state index is 5.18. The number of halogens is 1. The van der Waals surface area contributed by atoms with E-state index in [1.165, 1.54) is 27.7 Å². The fraction of sp³-hybridized carbons (Fsp3) is 0.667. The van der Waals surface area contributed by atoms with Crippen molar-refractivity contribution in [3.8, 4) is 0 Å². The summed E-state index contributed by atoms with van der Waals surface area (Å²) in [5.41, 5.74) is 1.53. The molecule has 0 radical (unpaired) electrons. The molecule has 1 aliphatic carbocycles. The van der Waals surface area contributed by atoms with Crippen LogP contribution in [-0.4, -0.2) is 19.8 Å². The van der Waals surface area contributed by atoms with E-state index in [4.69, 9.17) is 4.74 Å². The van der Waals surface area contributed by atoms with Crippen molar-refractivity contribution in [3.05, 3.63) is 19.4 Å². The zero-order valence-corrected chi connectivity index (χ0v) is 12.7. The second kappa shape index (κ2) is 5.80. The molecule has 1 aliphatic rings. The Labute approximate surface area is 115 Å². The molecule has 90 valence electrons. The standard InChI is InChI=1S/C12H18INOS/c1-8(7-15-2)14-10-4-3-5-11-9(10)6-12(13)16-11/h6,8,10,14H,3-5,7H2,1-2H3. The van der Waals surface area contributed by atoms with Crippen LogP contribution in [0.4, 0.5) is 0 Å². The van der Waals surface area contributed by atoms with E-state index in [0.717, 1.165) is 6.61 Å². The summed E-state index contributed by atoms with van der Waals surface area (Å²) >= 11 is 4.38. The van der Waals surface area contributed by atoms with Crippen LogP contribution in [0.25, 0.3) is 0 Å². The van der Waals surface area contributed by atoms with Crippen LogP contribution in [0.1, 0.15) is 36.2 Å². The zero-order valence-electron chi connectivity index (χ0n) is 9.75. The highest BCUT2D eigenvalue weighted by molar-refractivity contribution is 14.1. The molecule has 2 unspecified atom stereocenters. The molecule has 0 saturated carbocycles. The molecule has 0 bridgehead atoms. The van der Waals surface area contributed by atoms with Gasteiger partial charge in [-0.05, 0) is 60.4 Å². The molecule has 0 fully saturated rings. The van der Waals surface area contributed by atoms with E-state index in [2.05, 4.69) is 40.9 Å². The second-order valence-corrected chi connectivity index (χ2v) is 7.43. The van der Waals surface area contributed by atoms with Gasteiger partial charge in [0.15, 0.2) is 0 Å². The summed E-state index contributed by atoms with van der Waals surface area (Å²) < 4.78 is 6.59. The van der Waals surface area contributed by atoms with Gasteiger partial charge in [-0.15, -0.1) is 11.3 Å². The Hall–Kier alpha value is 0.350. The molecule has 1 aromatic rings. The molecule has 2 atom stereocenters. The lowest BCUT2D eigenvalue weighted by molar-refractivity contribution is 0.165. The summed E-state index contributed by atoms with van der Waals surface area (Å²) in [4.78, 5) is 1.58. The molecular weight excluding hydrogens is 333 g/mol. The Morgan fingerprint density at radius 2 is 2.50 bits per heavy atom. The van der Waals surface area contributed by atoms with Gasteiger partial charge in [0.2, 0.25) is 0 Å². The van der Waals surface area contributed by atoms with E-state index in [-0.39, 0.29) is 0 Å². The summed E-state index contributed by atoms with van der Waals surface area (Å²) in [7, 11) is 1.76. The molecule has 1 aromatic heterocycles. The SMILES string of the molecule is COCC(C)NC1CCCc2sc(I)cc21. The molecular formula is C12H18INOS. The number of aryl methyl sites for hydroxylation is 1. The zero-order chi connectivity index (χ0) is 11.5. The monoisotopic (exact) mass is 351 g/mol. The molecule has 0 aromatic carbocycles. The predicted molar refractivity (Wildman–Crippen MR) is 77.2 cm³/mol. The third-order valence-electron chi connectivity index (χ3n) is 2.99. The van der Waals surface area contributed by atoms with Crippen LogP contribution in [0.3, 0.4) is 0 Å². The highest BCUT2D eigenvalue weighted by Gasteiger charge is 2.23. The highest BCUT2D eigenvalue weighted by atomic mass is 127. The second-order valence-electron chi connectivity index (χ2n) is 4.40. The molecule has 2 rings (SSSR count). The van der Waals surface area contributed by atoms with Crippen molar-refractivity contribution in [3.63, 3.8) is 0 Å². The van der Waals surface area contributed by atoms with E-state index in [0.29, 0.717) is 12.1 Å². The summed E-state index contributed by atoms with van der Waals surface area (Å²) in [6.07, 6.45) is 3.83. The first-order chi connectivity index (χ1) is 7.70. The largest absolute Gasteiger partial charge is 0.383 e. The van der Waals surface area contributed by atoms with Gasteiger partial charge in [-0.25, -0.2) is 0 Å². The first kappa shape index (κ1) is 12.8. The molecule has 0 saturated heterocycles. The van der Waals surface area contributed by atoms with Gasteiger partial charge < -0.3 is 10.1 Å². The van der Waals surface area contributed by atoms with Crippen LogP contribution in [0.5, 0.6) is 0 Å². The number of thiophene rings is 1. The van der Waals surface area contributed by atoms with Gasteiger partial charge in [-0.2, -0.15) is 0 Å². The van der Waals surface area contributed by atoms with Gasteiger partial charge in [0.25, 0.3) is 0 Å². The van der Waals surface area contributed by atoms with Crippen molar-refractivity contribution >= 4 is 33.9 Å². The molecule has 0 aliphatic heterocycles. The Morgan fingerprint density at radius 1 is 1.69 bits per heavy atom. The third kappa shape index (κ3) is 2.97. The fourth-order valence-electron chi connectivity index (χ4n) is 2.34. The molecule has 0 spiro atoms. The number of ether oxygens (including phenoxy) is 1. The van der Waals surface area contributed by atoms with Crippen molar-refractivity contribution in [2.24, 2.45) is 0 Å². The third-order valence-corrected chi connectivity index (χ3v) is 4.96. The van der Waals surface area contributed by atoms with Gasteiger partial charge in [-0.3, -0.25) is 0 Å². The number of hydrogen-bond donors (Lipinski definition) is 1. The minimum absolute atomic E-state index is 0.429. The Balaban J connectivity index is 2.06. The number of methoxy groups -OCH3 is 1. The normalized spacial score (nSPS) is 21.8. The lowest BCUT2D eigenvalue weighted by Crippen LogP contribution is -2.35. The van der Waals surface area contributed by atoms with Gasteiger partial charge in [0.05, 0.1) is 9.49 Å². The maximum atomic E-state index is 5.18. The predicted octanol–water partition coefficient (Wildman–Crippen LogP) is 3.35. The topological polar surface area (TPSA) is 21.3 Å². The van der Waals surface area contributed by atoms with Crippen LogP contribution in [0.2, 0.25) is 0 Å². The quantitative estimate of drug-likeness (QED) is 0.840. The Kier molecular flexibility index (Phi) is 4.64. The summed E-state index contributed by atoms with van der Waals surface area (Å²) in [6.45, 7) is 2.97. The van der Waals surface area contributed by atoms with Crippen LogP contribution in [0.15, 0.2) is 6.07 Å². The van der Waals surface area contributed by atoms with Crippen molar-refractivity contribution < 1.29 is 4.74 Å². The van der Waals surface area contributed by atoms with Crippen LogP contribution in [0, 0.1) is 2.88 Å². The minimum Gasteiger partial charge on any atom is -0.383 e. The van der Waals surface area contributed by atoms with Crippen LogP contribution >= 0.6 is 33.9 Å². The van der Waals surface area contributed by atoms with Crippen molar-refractivity contribution in [2.45, 2.75) is 38.3 Å². The van der Waals surface area contributed by atoms with Crippen molar-refractivity contribution in [1.82, 2.24) is 5.32 Å². The number of fused-ring (bicyclic) bond motifs is 1. The Morgan fingerprint density at radius 3 is 3.25 bits per heavy atom. The summed E-state index contributed by atoms with van der Waals surface area (Å²) in [5.74, 6) is 0. The van der Waals surface area contributed by atoms with Crippen LogP contribution < -0.4 is 5.32 Å². The van der Waals surface area contributed by atoms with Crippen molar-refractivity contribution in [2.75, 3.05) is 13.7 Å². The van der Waals surface area contributed by atoms with E-state index < -0.39 is 0 Å². The minimum atomic E-state index is 0.429. The summed E-state index contributed by atoms with van der Waals surface area (Å²) in [6, 6.07) is 3.31. The molecule has 2 nitrogen and oxygen atoms in total. The molecule has 0 amide bonds. The average molecular weight is 351 g/mol. The molecule has 1 N–H and O–H groups in total. The molecule has 16 heavy (non-hydrogen) atoms. The number of rotatable bonds is 4. The maximum Gasteiger partial charge on any atom is 0.0659 e. The number of hydrogen-bond acceptors (Lipinski definition) is 3. The van der Waals surface area contributed by atoms with Crippen LogP contribution in [-0.2, 0) is 11.2 Å². The highest BCUT2D eigenvalue weighted by Crippen LogP contribution is 2.36. The molecule has 4 heteroatoms. The van der Waals surface area contributed by atoms with E-state index in [1.807, 2.05) is 11.3 Å². The summed E-state index contributed by atoms with van der Waals surface area (Å²) in [5, 5.41) is 3.67.